The van der Waals surface area contributed by atoms with E-state index in [1.165, 1.54) is 4.90 Å². The Kier molecular flexibility index (Phi) is 8.27. The third-order valence-electron chi connectivity index (χ3n) is 5.34. The second-order valence-electron chi connectivity index (χ2n) is 9.85. The van der Waals surface area contributed by atoms with Crippen molar-refractivity contribution in [3.63, 3.8) is 0 Å². The predicted molar refractivity (Wildman–Crippen MR) is 138 cm³/mol. The quantitative estimate of drug-likeness (QED) is 0.417. The molecule has 0 saturated carbocycles. The molecule has 0 atom stereocenters. The van der Waals surface area contributed by atoms with E-state index in [0.717, 1.165) is 11.3 Å². The van der Waals surface area contributed by atoms with E-state index in [1.807, 2.05) is 6.92 Å². The van der Waals surface area contributed by atoms with Gasteiger partial charge in [0.15, 0.2) is 11.5 Å². The van der Waals surface area contributed by atoms with Crippen LogP contribution in [-0.4, -0.2) is 67.8 Å². The zero-order valence-corrected chi connectivity index (χ0v) is 22.3. The Morgan fingerprint density at radius 3 is 2.62 bits per heavy atom. The van der Waals surface area contributed by atoms with E-state index in [1.54, 1.807) is 68.3 Å². The van der Waals surface area contributed by atoms with Crippen LogP contribution in [0.25, 0.3) is 5.95 Å². The lowest BCUT2D eigenvalue weighted by molar-refractivity contribution is -0.126. The van der Waals surface area contributed by atoms with Gasteiger partial charge in [-0.25, -0.2) is 19.7 Å². The Balaban J connectivity index is 1.31. The molecule has 2 aromatic heterocycles. The number of hydrogen-bond donors (Lipinski definition) is 2. The molecule has 0 bridgehead atoms. The number of aromatic nitrogens is 4. The molecule has 0 unspecified atom stereocenters. The molecule has 13 nitrogen and oxygen atoms in total. The zero-order valence-electron chi connectivity index (χ0n) is 22.3. The summed E-state index contributed by atoms with van der Waals surface area (Å²) in [5.74, 6) is 0.686. The van der Waals surface area contributed by atoms with Gasteiger partial charge >= 0.3 is 6.09 Å². The lowest BCUT2D eigenvalue weighted by Crippen LogP contribution is -2.45. The molecule has 2 N–H and O–H groups in total. The molecule has 0 spiro atoms. The maximum Gasteiger partial charge on any atom is 0.411 e. The first-order valence-electron chi connectivity index (χ1n) is 12.3. The first-order chi connectivity index (χ1) is 18.6. The van der Waals surface area contributed by atoms with E-state index >= 15 is 0 Å². The van der Waals surface area contributed by atoms with E-state index in [-0.39, 0.29) is 33.0 Å². The summed E-state index contributed by atoms with van der Waals surface area (Å²) < 4.78 is 17.9. The van der Waals surface area contributed by atoms with Gasteiger partial charge in [0, 0.05) is 24.6 Å². The van der Waals surface area contributed by atoms with Gasteiger partial charge in [-0.15, -0.1) is 0 Å². The molecule has 1 aliphatic rings. The third kappa shape index (κ3) is 7.90. The van der Waals surface area contributed by atoms with Crippen molar-refractivity contribution in [2.75, 3.05) is 19.9 Å². The van der Waals surface area contributed by atoms with E-state index in [2.05, 4.69) is 25.6 Å². The van der Waals surface area contributed by atoms with Crippen LogP contribution in [-0.2, 0) is 27.4 Å². The molecular formula is C26H31N7O6. The molecular weight excluding hydrogens is 506 g/mol. The van der Waals surface area contributed by atoms with Crippen LogP contribution >= 0.6 is 0 Å². The molecule has 39 heavy (non-hydrogen) atoms. The van der Waals surface area contributed by atoms with Crippen molar-refractivity contribution in [1.82, 2.24) is 35.1 Å². The lowest BCUT2D eigenvalue weighted by atomic mass is 10.2. The largest absolute Gasteiger partial charge is 0.454 e. The monoisotopic (exact) mass is 537 g/mol. The Bertz CT molecular complexity index is 1340. The molecule has 3 amide bonds. The number of benzene rings is 1. The highest BCUT2D eigenvalue weighted by Crippen LogP contribution is 2.32. The van der Waals surface area contributed by atoms with Gasteiger partial charge in [-0.2, -0.15) is 0 Å². The average Bonchev–Trinajstić information content (AvgIpc) is 3.56. The Labute approximate surface area is 225 Å². The number of carbonyl (C=O) groups excluding carboxylic acids is 3. The number of imidazole rings is 1. The number of amides is 3. The number of nitrogens with one attached hydrogen (secondary N) is 2. The van der Waals surface area contributed by atoms with Gasteiger partial charge in [0.2, 0.25) is 24.6 Å². The van der Waals surface area contributed by atoms with Gasteiger partial charge in [0.25, 0.3) is 0 Å². The zero-order chi connectivity index (χ0) is 28.0. The van der Waals surface area contributed by atoms with Crippen molar-refractivity contribution in [1.29, 1.82) is 0 Å². The van der Waals surface area contributed by atoms with E-state index in [4.69, 9.17) is 14.2 Å². The predicted octanol–water partition coefficient (Wildman–Crippen LogP) is 1.87. The van der Waals surface area contributed by atoms with Gasteiger partial charge < -0.3 is 24.8 Å². The number of fused-ring (bicyclic) bond motifs is 1. The molecule has 13 heteroatoms. The first kappa shape index (κ1) is 27.4. The second-order valence-corrected chi connectivity index (χ2v) is 9.85. The van der Waals surface area contributed by atoms with Crippen molar-refractivity contribution in [2.45, 2.75) is 46.4 Å². The molecule has 0 fully saturated rings. The molecule has 4 rings (SSSR count). The SMILES string of the molecule is Cc1cc(CNC(=O)CNC(=O)CN(Cc2ccc3c(c2)OCO3)C(=O)OC(C)(C)C)nc(-n2ccnc2)n1. The summed E-state index contributed by atoms with van der Waals surface area (Å²) in [5.41, 5.74) is 1.31. The van der Waals surface area contributed by atoms with Crippen molar-refractivity contribution < 1.29 is 28.6 Å². The van der Waals surface area contributed by atoms with Gasteiger partial charge in [0.1, 0.15) is 18.5 Å². The topological polar surface area (TPSA) is 150 Å². The molecule has 0 radical (unpaired) electrons. The number of carbonyl (C=O) groups is 3. The molecule has 206 valence electrons. The average molecular weight is 538 g/mol. The van der Waals surface area contributed by atoms with Crippen LogP contribution < -0.4 is 20.1 Å². The van der Waals surface area contributed by atoms with Crippen LogP contribution in [0.15, 0.2) is 43.0 Å². The molecule has 0 aliphatic carbocycles. The maximum atomic E-state index is 12.8. The fraction of sp³-hybridized carbons (Fsp3) is 0.385. The van der Waals surface area contributed by atoms with Crippen LogP contribution in [0.4, 0.5) is 4.79 Å². The van der Waals surface area contributed by atoms with Crippen LogP contribution in [0.5, 0.6) is 11.5 Å². The summed E-state index contributed by atoms with van der Waals surface area (Å²) in [7, 11) is 0. The second kappa shape index (κ2) is 11.8. The molecule has 0 saturated heterocycles. The third-order valence-corrected chi connectivity index (χ3v) is 5.34. The van der Waals surface area contributed by atoms with Crippen molar-refractivity contribution >= 4 is 17.9 Å². The van der Waals surface area contributed by atoms with Crippen molar-refractivity contribution in [2.24, 2.45) is 0 Å². The van der Waals surface area contributed by atoms with Crippen LogP contribution in [0.1, 0.15) is 37.7 Å². The number of hydrogen-bond acceptors (Lipinski definition) is 9. The first-order valence-corrected chi connectivity index (χ1v) is 12.3. The molecule has 1 aromatic carbocycles. The fourth-order valence-corrected chi connectivity index (χ4v) is 3.63. The summed E-state index contributed by atoms with van der Waals surface area (Å²) >= 11 is 0. The normalized spacial score (nSPS) is 12.1. The number of ether oxygens (including phenoxy) is 3. The smallest absolute Gasteiger partial charge is 0.411 e. The lowest BCUT2D eigenvalue weighted by Gasteiger charge is -2.27. The number of aryl methyl sites for hydroxylation is 1. The minimum atomic E-state index is -0.752. The summed E-state index contributed by atoms with van der Waals surface area (Å²) in [6, 6.07) is 7.03. The summed E-state index contributed by atoms with van der Waals surface area (Å²) in [5, 5.41) is 5.27. The minimum absolute atomic E-state index is 0.0947. The van der Waals surface area contributed by atoms with E-state index in [0.29, 0.717) is 23.1 Å². The highest BCUT2D eigenvalue weighted by Gasteiger charge is 2.25. The summed E-state index contributed by atoms with van der Waals surface area (Å²) in [6.07, 6.45) is 4.27. The highest BCUT2D eigenvalue weighted by molar-refractivity contribution is 5.87. The van der Waals surface area contributed by atoms with Gasteiger partial charge in [0.05, 0.1) is 18.8 Å². The maximum absolute atomic E-state index is 12.8. The molecule has 1 aliphatic heterocycles. The minimum Gasteiger partial charge on any atom is -0.454 e. The van der Waals surface area contributed by atoms with Crippen LogP contribution in [0, 0.1) is 6.92 Å². The van der Waals surface area contributed by atoms with Gasteiger partial charge in [-0.05, 0) is 51.5 Å². The summed E-state index contributed by atoms with van der Waals surface area (Å²) in [4.78, 5) is 52.0. The number of rotatable bonds is 9. The molecule has 3 aromatic rings. The van der Waals surface area contributed by atoms with Gasteiger partial charge in [-0.1, -0.05) is 6.07 Å². The Hall–Kier alpha value is -4.68. The van der Waals surface area contributed by atoms with Crippen LogP contribution in [0.2, 0.25) is 0 Å². The summed E-state index contributed by atoms with van der Waals surface area (Å²) in [6.45, 7) is 6.84. The molecule has 3 heterocycles. The van der Waals surface area contributed by atoms with Crippen molar-refractivity contribution in [3.8, 4) is 17.4 Å². The highest BCUT2D eigenvalue weighted by atomic mass is 16.7. The van der Waals surface area contributed by atoms with Crippen LogP contribution in [0.3, 0.4) is 0 Å². The number of nitrogens with zero attached hydrogens (tertiary/aromatic N) is 5. The van der Waals surface area contributed by atoms with E-state index in [9.17, 15) is 14.4 Å². The Morgan fingerprint density at radius 1 is 1.08 bits per heavy atom. The fourth-order valence-electron chi connectivity index (χ4n) is 3.63. The Morgan fingerprint density at radius 2 is 1.87 bits per heavy atom. The van der Waals surface area contributed by atoms with E-state index < -0.39 is 23.5 Å². The standard InChI is InChI=1S/C26H31N7O6/c1-17-9-19(31-24(30-17)32-8-7-27-15-32)11-28-22(34)12-29-23(35)14-33(25(36)39-26(2,3)4)13-18-5-6-20-21(10-18)38-16-37-20/h5-10,15H,11-14,16H2,1-4H3,(H,28,34)(H,29,35). The van der Waals surface area contributed by atoms with Crippen molar-refractivity contribution in [3.05, 3.63) is 59.9 Å². The van der Waals surface area contributed by atoms with Gasteiger partial charge in [-0.3, -0.25) is 19.1 Å².